The van der Waals surface area contributed by atoms with E-state index in [1.165, 1.54) is 37.6 Å². The number of aromatic nitrogens is 1. The van der Waals surface area contributed by atoms with Crippen LogP contribution >= 0.6 is 0 Å². The molecule has 0 aliphatic carbocycles. The number of ether oxygens (including phenoxy) is 2. The van der Waals surface area contributed by atoms with Gasteiger partial charge in [0.2, 0.25) is 5.88 Å². The Hall–Kier alpha value is -4.86. The van der Waals surface area contributed by atoms with Crippen molar-refractivity contribution in [1.82, 2.24) is 4.57 Å². The molecule has 178 valence electrons. The summed E-state index contributed by atoms with van der Waals surface area (Å²) in [5.74, 6) is 0.184. The van der Waals surface area contributed by atoms with Crippen LogP contribution in [0.1, 0.15) is 12.5 Å². The Labute approximate surface area is 199 Å². The number of pyridine rings is 1. The summed E-state index contributed by atoms with van der Waals surface area (Å²) < 4.78 is 11.5. The maximum Gasteiger partial charge on any atom is 0.297 e. The topological polar surface area (TPSA) is 128 Å². The van der Waals surface area contributed by atoms with Crippen molar-refractivity contribution in [2.75, 3.05) is 19.1 Å². The molecule has 3 aromatic carbocycles. The molecule has 0 saturated heterocycles. The summed E-state index contributed by atoms with van der Waals surface area (Å²) in [6, 6.07) is 18.0. The summed E-state index contributed by atoms with van der Waals surface area (Å²) in [7, 11) is 1.46. The summed E-state index contributed by atoms with van der Waals surface area (Å²) in [6.45, 7) is 2.06. The lowest BCUT2D eigenvalue weighted by Crippen LogP contribution is -2.21. The second kappa shape index (κ2) is 9.96. The maximum absolute atomic E-state index is 13.5. The highest BCUT2D eigenvalue weighted by molar-refractivity contribution is 6.02. The summed E-state index contributed by atoms with van der Waals surface area (Å²) in [5.41, 5.74) is 2.58. The van der Waals surface area contributed by atoms with Crippen molar-refractivity contribution in [3.63, 3.8) is 0 Å². The van der Waals surface area contributed by atoms with Crippen molar-refractivity contribution < 1.29 is 19.5 Å². The standard InChI is InChI=1S/C25H22N4O6/c1-3-35-18-10-12-22(23(14-18)29(32)33)28-24(30)20-13-17(34-2)9-11-19(20)21(25(28)31)15-26-27-16-7-5-4-6-8-16/h4-15,27,31H,3H2,1-2H3/b26-15+. The number of anilines is 1. The number of benzene rings is 3. The molecule has 4 aromatic rings. The van der Waals surface area contributed by atoms with E-state index >= 15 is 0 Å². The van der Waals surface area contributed by atoms with E-state index in [2.05, 4.69) is 10.5 Å². The minimum absolute atomic E-state index is 0.114. The third kappa shape index (κ3) is 4.62. The second-order valence-corrected chi connectivity index (χ2v) is 7.37. The number of methoxy groups -OCH3 is 1. The number of hydrogen-bond donors (Lipinski definition) is 2. The van der Waals surface area contributed by atoms with Gasteiger partial charge in [-0.3, -0.25) is 20.3 Å². The van der Waals surface area contributed by atoms with E-state index in [9.17, 15) is 20.0 Å². The number of hydrazone groups is 1. The minimum Gasteiger partial charge on any atom is -0.497 e. The van der Waals surface area contributed by atoms with Crippen LogP contribution in [0.3, 0.4) is 0 Å². The van der Waals surface area contributed by atoms with Crippen molar-refractivity contribution in [3.8, 4) is 23.1 Å². The monoisotopic (exact) mass is 474 g/mol. The Morgan fingerprint density at radius 1 is 1.09 bits per heavy atom. The minimum atomic E-state index is -0.656. The first kappa shape index (κ1) is 23.3. The van der Waals surface area contributed by atoms with E-state index in [4.69, 9.17) is 9.47 Å². The van der Waals surface area contributed by atoms with Gasteiger partial charge in [-0.05, 0) is 49.4 Å². The SMILES string of the molecule is CCOc1ccc(-n2c(O)c(/C=N/Nc3ccccc3)c3ccc(OC)cc3c2=O)c([N+](=O)[O-])c1. The Morgan fingerprint density at radius 2 is 1.83 bits per heavy atom. The van der Waals surface area contributed by atoms with Gasteiger partial charge < -0.3 is 14.6 Å². The van der Waals surface area contributed by atoms with Crippen molar-refractivity contribution >= 4 is 28.4 Å². The molecule has 0 saturated carbocycles. The number of hydrogen-bond acceptors (Lipinski definition) is 8. The number of nitro benzene ring substituents is 1. The van der Waals surface area contributed by atoms with E-state index < -0.39 is 22.0 Å². The number of para-hydroxylation sites is 1. The van der Waals surface area contributed by atoms with Crippen LogP contribution in [0.2, 0.25) is 0 Å². The molecule has 0 fully saturated rings. The molecular weight excluding hydrogens is 452 g/mol. The van der Waals surface area contributed by atoms with E-state index in [1.807, 2.05) is 30.3 Å². The zero-order valence-corrected chi connectivity index (χ0v) is 19.0. The highest BCUT2D eigenvalue weighted by Gasteiger charge is 2.24. The predicted molar refractivity (Wildman–Crippen MR) is 133 cm³/mol. The lowest BCUT2D eigenvalue weighted by atomic mass is 10.1. The highest BCUT2D eigenvalue weighted by Crippen LogP contribution is 2.33. The first-order valence-corrected chi connectivity index (χ1v) is 10.7. The van der Waals surface area contributed by atoms with Crippen LogP contribution in [0, 0.1) is 10.1 Å². The molecule has 0 atom stereocenters. The molecule has 0 amide bonds. The molecule has 1 heterocycles. The lowest BCUT2D eigenvalue weighted by molar-refractivity contribution is -0.384. The summed E-state index contributed by atoms with van der Waals surface area (Å²) in [5, 5.41) is 27.8. The van der Waals surface area contributed by atoms with Crippen molar-refractivity contribution in [2.45, 2.75) is 6.92 Å². The molecule has 35 heavy (non-hydrogen) atoms. The third-order valence-corrected chi connectivity index (χ3v) is 5.26. The Bertz CT molecular complexity index is 1480. The lowest BCUT2D eigenvalue weighted by Gasteiger charge is -2.15. The van der Waals surface area contributed by atoms with E-state index in [-0.39, 0.29) is 22.4 Å². The zero-order chi connectivity index (χ0) is 24.9. The smallest absolute Gasteiger partial charge is 0.297 e. The number of nitrogens with one attached hydrogen (secondary N) is 1. The van der Waals surface area contributed by atoms with Gasteiger partial charge >= 0.3 is 0 Å². The number of nitrogens with zero attached hydrogens (tertiary/aromatic N) is 3. The predicted octanol–water partition coefficient (Wildman–Crippen LogP) is 4.46. The fourth-order valence-electron chi connectivity index (χ4n) is 3.65. The van der Waals surface area contributed by atoms with Gasteiger partial charge in [0.25, 0.3) is 11.2 Å². The molecule has 4 rings (SSSR count). The van der Waals surface area contributed by atoms with Gasteiger partial charge in [-0.15, -0.1) is 0 Å². The van der Waals surface area contributed by atoms with Crippen molar-refractivity contribution in [3.05, 3.63) is 92.8 Å². The largest absolute Gasteiger partial charge is 0.497 e. The number of rotatable bonds is 8. The quantitative estimate of drug-likeness (QED) is 0.219. The third-order valence-electron chi connectivity index (χ3n) is 5.26. The molecule has 0 aliphatic heterocycles. The van der Waals surface area contributed by atoms with E-state index in [1.54, 1.807) is 19.1 Å². The van der Waals surface area contributed by atoms with Crippen LogP contribution in [0.5, 0.6) is 17.4 Å². The average molecular weight is 474 g/mol. The van der Waals surface area contributed by atoms with Crippen LogP contribution in [0.15, 0.2) is 76.6 Å². The van der Waals surface area contributed by atoms with Gasteiger partial charge in [0.15, 0.2) is 0 Å². The summed E-state index contributed by atoms with van der Waals surface area (Å²) in [6.07, 6.45) is 1.35. The molecule has 10 nitrogen and oxygen atoms in total. The fourth-order valence-corrected chi connectivity index (χ4v) is 3.65. The molecule has 0 bridgehead atoms. The van der Waals surface area contributed by atoms with Crippen LogP contribution in [-0.4, -0.2) is 34.5 Å². The van der Waals surface area contributed by atoms with Gasteiger partial charge in [-0.2, -0.15) is 5.10 Å². The van der Waals surface area contributed by atoms with Crippen molar-refractivity contribution in [1.29, 1.82) is 0 Å². The van der Waals surface area contributed by atoms with Gasteiger partial charge in [0, 0.05) is 5.39 Å². The first-order chi connectivity index (χ1) is 16.9. The highest BCUT2D eigenvalue weighted by atomic mass is 16.6. The van der Waals surface area contributed by atoms with Gasteiger partial charge in [-0.1, -0.05) is 18.2 Å². The van der Waals surface area contributed by atoms with Gasteiger partial charge in [-0.25, -0.2) is 4.57 Å². The second-order valence-electron chi connectivity index (χ2n) is 7.37. The first-order valence-electron chi connectivity index (χ1n) is 10.7. The number of aromatic hydroxyl groups is 1. The maximum atomic E-state index is 13.5. The number of fused-ring (bicyclic) bond motifs is 1. The molecule has 2 N–H and O–H groups in total. The summed E-state index contributed by atoms with van der Waals surface area (Å²) >= 11 is 0. The molecule has 0 radical (unpaired) electrons. The molecular formula is C25H22N4O6. The van der Waals surface area contributed by atoms with E-state index in [0.717, 1.165) is 4.57 Å². The normalized spacial score (nSPS) is 11.0. The van der Waals surface area contributed by atoms with Crippen LogP contribution in [0.4, 0.5) is 11.4 Å². The van der Waals surface area contributed by atoms with Crippen LogP contribution < -0.4 is 20.5 Å². The van der Waals surface area contributed by atoms with Crippen LogP contribution in [-0.2, 0) is 0 Å². The number of nitro groups is 1. The van der Waals surface area contributed by atoms with Crippen LogP contribution in [0.25, 0.3) is 16.5 Å². The fraction of sp³-hybridized carbons (Fsp3) is 0.120. The Morgan fingerprint density at radius 3 is 2.51 bits per heavy atom. The van der Waals surface area contributed by atoms with Crippen molar-refractivity contribution in [2.24, 2.45) is 5.10 Å². The molecule has 0 unspecified atom stereocenters. The Kier molecular flexibility index (Phi) is 6.63. The van der Waals surface area contributed by atoms with Gasteiger partial charge in [0.05, 0.1) is 47.6 Å². The zero-order valence-electron chi connectivity index (χ0n) is 19.0. The molecule has 10 heteroatoms. The average Bonchev–Trinajstić information content (AvgIpc) is 2.87. The molecule has 0 aliphatic rings. The van der Waals surface area contributed by atoms with E-state index in [0.29, 0.717) is 23.4 Å². The van der Waals surface area contributed by atoms with Gasteiger partial charge in [0.1, 0.15) is 17.2 Å². The Balaban J connectivity index is 1.96. The summed E-state index contributed by atoms with van der Waals surface area (Å²) in [4.78, 5) is 24.7. The molecule has 1 aromatic heterocycles. The molecule has 0 spiro atoms.